The molecule has 0 bridgehead atoms. The lowest BCUT2D eigenvalue weighted by atomic mass is 9.81. The van der Waals surface area contributed by atoms with Gasteiger partial charge in [-0.3, -0.25) is 0 Å². The summed E-state index contributed by atoms with van der Waals surface area (Å²) < 4.78 is 28.8. The second-order valence-electron chi connectivity index (χ2n) is 3.21. The second-order valence-corrected chi connectivity index (χ2v) is 3.21. The predicted molar refractivity (Wildman–Crippen MR) is 39.2 cm³/mol. The van der Waals surface area contributed by atoms with Crippen molar-refractivity contribution in [1.82, 2.24) is 10.2 Å². The fourth-order valence-electron chi connectivity index (χ4n) is 1.36. The number of hydrogen-bond acceptors (Lipinski definition) is 4. The van der Waals surface area contributed by atoms with Crippen LogP contribution < -0.4 is 5.73 Å². The van der Waals surface area contributed by atoms with Crippen molar-refractivity contribution in [1.29, 1.82) is 0 Å². The fourth-order valence-corrected chi connectivity index (χ4v) is 1.36. The Morgan fingerprint density at radius 1 is 1.38 bits per heavy atom. The van der Waals surface area contributed by atoms with Gasteiger partial charge in [0.1, 0.15) is 0 Å². The zero-order valence-electron chi connectivity index (χ0n) is 6.78. The van der Waals surface area contributed by atoms with Crippen LogP contribution in [0.2, 0.25) is 0 Å². The van der Waals surface area contributed by atoms with E-state index in [9.17, 15) is 8.78 Å². The monoisotopic (exact) mass is 189 g/mol. The van der Waals surface area contributed by atoms with Gasteiger partial charge in [0.25, 0.3) is 5.89 Å². The van der Waals surface area contributed by atoms with E-state index in [1.807, 2.05) is 0 Å². The van der Waals surface area contributed by atoms with Crippen LogP contribution in [0, 0.1) is 0 Å². The Hall–Kier alpha value is -1.04. The second kappa shape index (κ2) is 3.02. The number of hydrogen-bond donors (Lipinski definition) is 1. The van der Waals surface area contributed by atoms with Crippen molar-refractivity contribution in [3.8, 4) is 0 Å². The number of aromatic nitrogens is 2. The van der Waals surface area contributed by atoms with Gasteiger partial charge in [0, 0.05) is 12.0 Å². The summed E-state index contributed by atoms with van der Waals surface area (Å²) in [6, 6.07) is 0.145. The van der Waals surface area contributed by atoms with E-state index in [0.29, 0.717) is 0 Å². The van der Waals surface area contributed by atoms with Crippen molar-refractivity contribution in [3.05, 3.63) is 11.8 Å². The molecule has 0 aliphatic heterocycles. The Kier molecular flexibility index (Phi) is 1.99. The molecule has 1 saturated carbocycles. The van der Waals surface area contributed by atoms with E-state index in [0.717, 1.165) is 12.8 Å². The first-order valence-corrected chi connectivity index (χ1v) is 4.04. The Balaban J connectivity index is 2.06. The molecule has 0 saturated heterocycles. The van der Waals surface area contributed by atoms with Gasteiger partial charge < -0.3 is 10.2 Å². The van der Waals surface area contributed by atoms with Gasteiger partial charge in [0.2, 0.25) is 5.89 Å². The third-order valence-corrected chi connectivity index (χ3v) is 2.17. The van der Waals surface area contributed by atoms with E-state index >= 15 is 0 Å². The first-order chi connectivity index (χ1) is 6.16. The Morgan fingerprint density at radius 3 is 2.54 bits per heavy atom. The predicted octanol–water partition coefficient (Wildman–Crippen LogP) is 1.21. The first kappa shape index (κ1) is 8.55. The molecule has 6 heteroatoms. The summed E-state index contributed by atoms with van der Waals surface area (Å²) in [5.41, 5.74) is 5.53. The normalized spacial score (nSPS) is 27.7. The smallest absolute Gasteiger partial charge is 0.314 e. The van der Waals surface area contributed by atoms with Gasteiger partial charge in [0.15, 0.2) is 0 Å². The molecule has 1 fully saturated rings. The van der Waals surface area contributed by atoms with Crippen LogP contribution in [0.4, 0.5) is 8.78 Å². The highest BCUT2D eigenvalue weighted by molar-refractivity contribution is 5.01. The number of alkyl halides is 2. The molecule has 4 nitrogen and oxygen atoms in total. The van der Waals surface area contributed by atoms with E-state index in [2.05, 4.69) is 10.2 Å². The maximum absolute atomic E-state index is 12.0. The quantitative estimate of drug-likeness (QED) is 0.759. The highest BCUT2D eigenvalue weighted by Gasteiger charge is 2.32. The Bertz CT molecular complexity index is 296. The molecule has 1 aromatic heterocycles. The molecule has 2 N–H and O–H groups in total. The van der Waals surface area contributed by atoms with Crippen LogP contribution in [0.3, 0.4) is 0 Å². The van der Waals surface area contributed by atoms with Gasteiger partial charge in [-0.05, 0) is 12.8 Å². The van der Waals surface area contributed by atoms with Gasteiger partial charge in [-0.15, -0.1) is 10.2 Å². The summed E-state index contributed by atoms with van der Waals surface area (Å²) in [6.07, 6.45) is -1.20. The molecule has 0 atom stereocenters. The van der Waals surface area contributed by atoms with Gasteiger partial charge in [-0.25, -0.2) is 0 Å². The van der Waals surface area contributed by atoms with Crippen molar-refractivity contribution in [2.45, 2.75) is 31.2 Å². The number of rotatable bonds is 2. The summed E-state index contributed by atoms with van der Waals surface area (Å²) in [7, 11) is 0. The fraction of sp³-hybridized carbons (Fsp3) is 0.714. The van der Waals surface area contributed by atoms with Crippen molar-refractivity contribution >= 4 is 0 Å². The minimum atomic E-state index is -2.69. The van der Waals surface area contributed by atoms with E-state index in [-0.39, 0.29) is 17.9 Å². The van der Waals surface area contributed by atoms with Crippen molar-refractivity contribution in [2.24, 2.45) is 5.73 Å². The lowest BCUT2D eigenvalue weighted by Crippen LogP contribution is -2.34. The molecule has 1 aliphatic rings. The molecule has 0 aromatic carbocycles. The molecule has 13 heavy (non-hydrogen) atoms. The molecule has 0 amide bonds. The van der Waals surface area contributed by atoms with Crippen LogP contribution in [-0.2, 0) is 0 Å². The van der Waals surface area contributed by atoms with E-state index in [1.54, 1.807) is 0 Å². The summed E-state index contributed by atoms with van der Waals surface area (Å²) in [5, 5.41) is 6.78. The summed E-state index contributed by atoms with van der Waals surface area (Å²) in [6.45, 7) is 0. The molecular weight excluding hydrogens is 180 g/mol. The van der Waals surface area contributed by atoms with Crippen LogP contribution in [0.5, 0.6) is 0 Å². The molecule has 0 spiro atoms. The highest BCUT2D eigenvalue weighted by Crippen LogP contribution is 2.35. The summed E-state index contributed by atoms with van der Waals surface area (Å²) >= 11 is 0. The van der Waals surface area contributed by atoms with Gasteiger partial charge in [-0.1, -0.05) is 0 Å². The number of nitrogens with two attached hydrogens (primary N) is 1. The van der Waals surface area contributed by atoms with Gasteiger partial charge in [-0.2, -0.15) is 8.78 Å². The Morgan fingerprint density at radius 2 is 2.08 bits per heavy atom. The van der Waals surface area contributed by atoms with Crippen LogP contribution in [0.15, 0.2) is 4.42 Å². The van der Waals surface area contributed by atoms with Crippen LogP contribution in [0.25, 0.3) is 0 Å². The zero-order valence-corrected chi connectivity index (χ0v) is 6.78. The average molecular weight is 189 g/mol. The van der Waals surface area contributed by atoms with E-state index in [1.165, 1.54) is 0 Å². The Labute approximate surface area is 73.1 Å². The molecular formula is C7H9F2N3O. The van der Waals surface area contributed by atoms with E-state index < -0.39 is 12.3 Å². The third-order valence-electron chi connectivity index (χ3n) is 2.17. The maximum atomic E-state index is 12.0. The van der Waals surface area contributed by atoms with Crippen LogP contribution in [0.1, 0.15) is 37.0 Å². The molecule has 1 aliphatic carbocycles. The first-order valence-electron chi connectivity index (χ1n) is 4.04. The minimum Gasteiger partial charge on any atom is -0.419 e. The lowest BCUT2D eigenvalue weighted by Gasteiger charge is -2.29. The minimum absolute atomic E-state index is 0.0787. The standard InChI is InChI=1S/C7H9F2N3O/c8-5(9)7-12-11-6(13-7)3-1-4(10)2-3/h3-5H,1-2,10H2. The lowest BCUT2D eigenvalue weighted by molar-refractivity contribution is 0.111. The number of halogens is 2. The molecule has 1 aromatic rings. The largest absolute Gasteiger partial charge is 0.419 e. The van der Waals surface area contributed by atoms with Crippen molar-refractivity contribution < 1.29 is 13.2 Å². The van der Waals surface area contributed by atoms with E-state index in [4.69, 9.17) is 10.2 Å². The SMILES string of the molecule is NC1CC(c2nnc(C(F)F)o2)C1. The molecule has 2 rings (SSSR count). The molecule has 0 radical (unpaired) electrons. The zero-order chi connectivity index (χ0) is 9.42. The molecule has 0 unspecified atom stereocenters. The van der Waals surface area contributed by atoms with Gasteiger partial charge >= 0.3 is 6.43 Å². The molecule has 72 valence electrons. The topological polar surface area (TPSA) is 64.9 Å². The van der Waals surface area contributed by atoms with Crippen molar-refractivity contribution in [3.63, 3.8) is 0 Å². The third kappa shape index (κ3) is 1.53. The maximum Gasteiger partial charge on any atom is 0.314 e. The van der Waals surface area contributed by atoms with Crippen LogP contribution >= 0.6 is 0 Å². The van der Waals surface area contributed by atoms with Crippen molar-refractivity contribution in [2.75, 3.05) is 0 Å². The van der Waals surface area contributed by atoms with Crippen LogP contribution in [-0.4, -0.2) is 16.2 Å². The van der Waals surface area contributed by atoms with Gasteiger partial charge in [0.05, 0.1) is 0 Å². The average Bonchev–Trinajstić information content (AvgIpc) is 2.46. The summed E-state index contributed by atoms with van der Waals surface area (Å²) in [4.78, 5) is 0. The molecule has 1 heterocycles. The highest BCUT2D eigenvalue weighted by atomic mass is 19.3. The summed E-state index contributed by atoms with van der Waals surface area (Å²) in [5.74, 6) is -0.234. The number of nitrogens with zero attached hydrogens (tertiary/aromatic N) is 2.